The lowest BCUT2D eigenvalue weighted by Crippen LogP contribution is -2.53. The van der Waals surface area contributed by atoms with E-state index in [1.165, 1.54) is 19.3 Å². The minimum absolute atomic E-state index is 0.212. The van der Waals surface area contributed by atoms with Gasteiger partial charge in [-0.1, -0.05) is 0 Å². The van der Waals surface area contributed by atoms with Gasteiger partial charge in [-0.05, 0) is 57.7 Å². The molecule has 0 bridgehead atoms. The van der Waals surface area contributed by atoms with E-state index < -0.39 is 0 Å². The Bertz CT molecular complexity index is 639. The molecule has 1 saturated carbocycles. The largest absolute Gasteiger partial charge is 0.302 e. The van der Waals surface area contributed by atoms with E-state index in [2.05, 4.69) is 38.7 Å². The molecule has 20 heavy (non-hydrogen) atoms. The van der Waals surface area contributed by atoms with Crippen LogP contribution in [0, 0.1) is 4.77 Å². The Labute approximate surface area is 123 Å². The van der Waals surface area contributed by atoms with Gasteiger partial charge in [0.2, 0.25) is 0 Å². The minimum atomic E-state index is 0.212. The van der Waals surface area contributed by atoms with Crippen LogP contribution in [-0.4, -0.2) is 44.3 Å². The van der Waals surface area contributed by atoms with E-state index in [9.17, 15) is 0 Å². The third-order valence-electron chi connectivity index (χ3n) is 4.38. The van der Waals surface area contributed by atoms with Crippen molar-refractivity contribution >= 4 is 12.2 Å². The van der Waals surface area contributed by atoms with Crippen LogP contribution in [0.3, 0.4) is 0 Å². The van der Waals surface area contributed by atoms with E-state index >= 15 is 0 Å². The van der Waals surface area contributed by atoms with Gasteiger partial charge in [0.05, 0.1) is 0 Å². The lowest BCUT2D eigenvalue weighted by Gasteiger charge is -2.47. The van der Waals surface area contributed by atoms with Crippen LogP contribution in [0.1, 0.15) is 19.3 Å². The van der Waals surface area contributed by atoms with Crippen molar-refractivity contribution in [2.45, 2.75) is 31.3 Å². The van der Waals surface area contributed by atoms with Crippen molar-refractivity contribution in [1.29, 1.82) is 0 Å². The van der Waals surface area contributed by atoms with Gasteiger partial charge in [0, 0.05) is 30.0 Å². The van der Waals surface area contributed by atoms with Crippen LogP contribution in [0.15, 0.2) is 24.5 Å². The van der Waals surface area contributed by atoms with Gasteiger partial charge in [0.1, 0.15) is 0 Å². The summed E-state index contributed by atoms with van der Waals surface area (Å²) in [6.45, 7) is 0.882. The molecule has 0 aromatic carbocycles. The Morgan fingerprint density at radius 3 is 2.60 bits per heavy atom. The summed E-state index contributed by atoms with van der Waals surface area (Å²) >= 11 is 5.41. The van der Waals surface area contributed by atoms with E-state index in [1.54, 1.807) is 12.4 Å². The zero-order valence-electron chi connectivity index (χ0n) is 11.8. The fraction of sp³-hybridized carbons (Fsp3) is 0.500. The van der Waals surface area contributed by atoms with Gasteiger partial charge < -0.3 is 4.90 Å². The fourth-order valence-corrected chi connectivity index (χ4v) is 3.01. The summed E-state index contributed by atoms with van der Waals surface area (Å²) in [6, 6.07) is 3.93. The first-order chi connectivity index (χ1) is 9.62. The Morgan fingerprint density at radius 2 is 2.05 bits per heavy atom. The van der Waals surface area contributed by atoms with Crippen molar-refractivity contribution in [1.82, 2.24) is 24.6 Å². The molecule has 0 spiro atoms. The van der Waals surface area contributed by atoms with E-state index in [1.807, 2.05) is 12.1 Å². The molecule has 1 N–H and O–H groups in total. The topological polar surface area (TPSA) is 49.7 Å². The molecule has 0 amide bonds. The van der Waals surface area contributed by atoms with E-state index in [-0.39, 0.29) is 5.54 Å². The standard InChI is InChI=1S/C14H19N5S/c1-18(2)14(6-3-7-14)10-19-12(16-17-13(19)20)11-4-8-15-9-5-11/h4-5,8-9H,3,6-7,10H2,1-2H3,(H,17,20). The lowest BCUT2D eigenvalue weighted by atomic mass is 9.75. The molecule has 3 rings (SSSR count). The van der Waals surface area contributed by atoms with Crippen molar-refractivity contribution in [3.05, 3.63) is 29.3 Å². The molecular weight excluding hydrogens is 270 g/mol. The number of nitrogens with one attached hydrogen (secondary N) is 1. The molecule has 2 heterocycles. The number of rotatable bonds is 4. The second-order valence-corrected chi connectivity index (χ2v) is 6.03. The number of H-pyrrole nitrogens is 1. The van der Waals surface area contributed by atoms with Crippen LogP contribution in [0.25, 0.3) is 11.4 Å². The summed E-state index contributed by atoms with van der Waals surface area (Å²) in [5.41, 5.74) is 1.25. The number of hydrogen-bond acceptors (Lipinski definition) is 4. The SMILES string of the molecule is CN(C)C1(Cn2c(-c3ccncc3)n[nH]c2=S)CCC1. The summed E-state index contributed by atoms with van der Waals surface area (Å²) in [7, 11) is 4.30. The second-order valence-electron chi connectivity index (χ2n) is 5.65. The Balaban J connectivity index is 1.98. The first kappa shape index (κ1) is 13.5. The number of likely N-dealkylation sites (N-methyl/N-ethyl adjacent to an activating group) is 1. The molecule has 5 nitrogen and oxygen atoms in total. The van der Waals surface area contributed by atoms with Crippen molar-refractivity contribution in [3.8, 4) is 11.4 Å². The smallest absolute Gasteiger partial charge is 0.195 e. The monoisotopic (exact) mass is 289 g/mol. The molecule has 6 heteroatoms. The number of hydrogen-bond donors (Lipinski definition) is 1. The number of aromatic amines is 1. The van der Waals surface area contributed by atoms with E-state index in [0.29, 0.717) is 4.77 Å². The first-order valence-corrected chi connectivity index (χ1v) is 7.26. The molecule has 106 valence electrons. The van der Waals surface area contributed by atoms with Crippen LogP contribution in [0.2, 0.25) is 0 Å². The highest BCUT2D eigenvalue weighted by Gasteiger charge is 2.40. The quantitative estimate of drug-likeness (QED) is 0.879. The summed E-state index contributed by atoms with van der Waals surface area (Å²) in [5, 5.41) is 7.31. The van der Waals surface area contributed by atoms with Gasteiger partial charge in [-0.2, -0.15) is 5.10 Å². The number of aromatic nitrogens is 4. The van der Waals surface area contributed by atoms with Gasteiger partial charge in [-0.3, -0.25) is 14.6 Å². The summed E-state index contributed by atoms with van der Waals surface area (Å²) in [6.07, 6.45) is 7.27. The summed E-state index contributed by atoms with van der Waals surface area (Å²) in [4.78, 5) is 6.38. The molecule has 0 atom stereocenters. The third-order valence-corrected chi connectivity index (χ3v) is 4.69. The highest BCUT2D eigenvalue weighted by atomic mass is 32.1. The maximum absolute atomic E-state index is 5.41. The Hall–Kier alpha value is -1.53. The molecule has 0 radical (unpaired) electrons. The molecule has 2 aromatic heterocycles. The maximum atomic E-state index is 5.41. The summed E-state index contributed by atoms with van der Waals surface area (Å²) < 4.78 is 2.80. The van der Waals surface area contributed by atoms with Crippen LogP contribution in [-0.2, 0) is 6.54 Å². The van der Waals surface area contributed by atoms with Crippen LogP contribution < -0.4 is 0 Å². The molecule has 1 fully saturated rings. The van der Waals surface area contributed by atoms with Crippen molar-refractivity contribution < 1.29 is 0 Å². The Kier molecular flexibility index (Phi) is 3.43. The van der Waals surface area contributed by atoms with Gasteiger partial charge in [0.25, 0.3) is 0 Å². The second kappa shape index (κ2) is 5.10. The zero-order chi connectivity index (χ0) is 14.2. The van der Waals surface area contributed by atoms with Crippen molar-refractivity contribution in [3.63, 3.8) is 0 Å². The molecular formula is C14H19N5S. The van der Waals surface area contributed by atoms with Gasteiger partial charge in [0.15, 0.2) is 10.6 Å². The number of nitrogens with zero attached hydrogens (tertiary/aromatic N) is 4. The predicted octanol–water partition coefficient (Wildman–Crippen LogP) is 2.49. The average Bonchev–Trinajstić information content (AvgIpc) is 2.75. The molecule has 0 unspecified atom stereocenters. The van der Waals surface area contributed by atoms with Gasteiger partial charge >= 0.3 is 0 Å². The minimum Gasteiger partial charge on any atom is -0.302 e. The van der Waals surface area contributed by atoms with Crippen molar-refractivity contribution in [2.24, 2.45) is 0 Å². The average molecular weight is 289 g/mol. The molecule has 0 aliphatic heterocycles. The fourth-order valence-electron chi connectivity index (χ4n) is 2.81. The number of pyridine rings is 1. The first-order valence-electron chi connectivity index (χ1n) is 6.85. The predicted molar refractivity (Wildman–Crippen MR) is 80.9 cm³/mol. The third kappa shape index (κ3) is 2.19. The van der Waals surface area contributed by atoms with E-state index in [4.69, 9.17) is 12.2 Å². The van der Waals surface area contributed by atoms with E-state index in [0.717, 1.165) is 17.9 Å². The molecule has 2 aromatic rings. The molecule has 0 saturated heterocycles. The Morgan fingerprint density at radius 1 is 1.35 bits per heavy atom. The van der Waals surface area contributed by atoms with Gasteiger partial charge in [-0.15, -0.1) is 0 Å². The van der Waals surface area contributed by atoms with Gasteiger partial charge in [-0.25, -0.2) is 0 Å². The molecule has 1 aliphatic rings. The van der Waals surface area contributed by atoms with Crippen molar-refractivity contribution in [2.75, 3.05) is 14.1 Å². The highest BCUT2D eigenvalue weighted by Crippen LogP contribution is 2.38. The van der Waals surface area contributed by atoms with Crippen LogP contribution >= 0.6 is 12.2 Å². The molecule has 1 aliphatic carbocycles. The maximum Gasteiger partial charge on any atom is 0.195 e. The normalized spacial score (nSPS) is 17.1. The highest BCUT2D eigenvalue weighted by molar-refractivity contribution is 7.71. The zero-order valence-corrected chi connectivity index (χ0v) is 12.7. The van der Waals surface area contributed by atoms with Crippen LogP contribution in [0.4, 0.5) is 0 Å². The summed E-state index contributed by atoms with van der Waals surface area (Å²) in [5.74, 6) is 0.894. The lowest BCUT2D eigenvalue weighted by molar-refractivity contribution is 0.0424. The van der Waals surface area contributed by atoms with Crippen LogP contribution in [0.5, 0.6) is 0 Å².